The van der Waals surface area contributed by atoms with E-state index < -0.39 is 17.1 Å². The molecule has 0 bridgehead atoms. The molecule has 0 radical (unpaired) electrons. The highest BCUT2D eigenvalue weighted by molar-refractivity contribution is 5.97. The fourth-order valence-electron chi connectivity index (χ4n) is 4.36. The zero-order chi connectivity index (χ0) is 20.8. The van der Waals surface area contributed by atoms with E-state index in [0.717, 1.165) is 11.3 Å². The minimum absolute atomic E-state index is 0.194. The molecule has 0 unspecified atom stereocenters. The lowest BCUT2D eigenvalue weighted by Gasteiger charge is -2.40. The molecular weight excluding hydrogens is 382 g/mol. The van der Waals surface area contributed by atoms with Crippen molar-refractivity contribution < 1.29 is 19.4 Å². The predicted octanol–water partition coefficient (Wildman–Crippen LogP) is 3.18. The molecule has 0 atom stereocenters. The van der Waals surface area contributed by atoms with E-state index in [1.54, 1.807) is 29.1 Å². The van der Waals surface area contributed by atoms with Gasteiger partial charge < -0.3 is 15.2 Å². The van der Waals surface area contributed by atoms with Gasteiger partial charge in [0.05, 0.1) is 11.3 Å². The number of nitrogens with one attached hydrogen (secondary N) is 1. The summed E-state index contributed by atoms with van der Waals surface area (Å²) in [4.78, 5) is 25.1. The molecule has 152 valence electrons. The van der Waals surface area contributed by atoms with Gasteiger partial charge in [-0.15, -0.1) is 0 Å². The summed E-state index contributed by atoms with van der Waals surface area (Å²) in [5.41, 5.74) is -0.00297. The number of nitrogens with zero attached hydrogens (tertiary/aromatic N) is 2. The molecule has 0 saturated heterocycles. The lowest BCUT2D eigenvalue weighted by Crippen LogP contribution is -2.49. The van der Waals surface area contributed by atoms with Gasteiger partial charge in [0.2, 0.25) is 0 Å². The maximum absolute atomic E-state index is 12.8. The molecule has 1 saturated carbocycles. The third kappa shape index (κ3) is 2.98. The molecule has 3 aromatic rings. The number of aromatic nitrogens is 2. The fraction of sp³-hybridized carbons (Fsp3) is 0.261. The molecule has 7 nitrogen and oxygen atoms in total. The van der Waals surface area contributed by atoms with Gasteiger partial charge in [0, 0.05) is 17.8 Å². The number of hydrogen-bond donors (Lipinski definition) is 2. The number of aliphatic hydroxyl groups is 1. The first-order chi connectivity index (χ1) is 14.5. The number of para-hydroxylation sites is 1. The first kappa shape index (κ1) is 18.6. The Kier molecular flexibility index (Phi) is 4.22. The maximum Gasteiger partial charge on any atom is 0.339 e. The summed E-state index contributed by atoms with van der Waals surface area (Å²) in [7, 11) is 0. The van der Waals surface area contributed by atoms with Crippen LogP contribution in [0.1, 0.15) is 41.6 Å². The van der Waals surface area contributed by atoms with Gasteiger partial charge >= 0.3 is 5.97 Å². The van der Waals surface area contributed by atoms with E-state index in [9.17, 15) is 14.7 Å². The Balaban J connectivity index is 1.29. The number of rotatable bonds is 3. The molecule has 1 aromatic heterocycles. The van der Waals surface area contributed by atoms with Gasteiger partial charge in [-0.1, -0.05) is 36.4 Å². The van der Waals surface area contributed by atoms with Crippen molar-refractivity contribution in [1.29, 1.82) is 0 Å². The molecular formula is C23H21N3O4. The Morgan fingerprint density at radius 1 is 1.00 bits per heavy atom. The number of hydrogen-bond acceptors (Lipinski definition) is 5. The molecule has 1 spiro atoms. The minimum atomic E-state index is -1.54. The van der Waals surface area contributed by atoms with E-state index in [0.29, 0.717) is 24.2 Å². The topological polar surface area (TPSA) is 93.5 Å². The van der Waals surface area contributed by atoms with Gasteiger partial charge in [0.1, 0.15) is 11.2 Å². The lowest BCUT2D eigenvalue weighted by molar-refractivity contribution is -0.144. The Morgan fingerprint density at radius 2 is 1.70 bits per heavy atom. The van der Waals surface area contributed by atoms with Crippen LogP contribution in [0.25, 0.3) is 5.69 Å². The third-order valence-electron chi connectivity index (χ3n) is 6.08. The molecule has 2 N–H and O–H groups in total. The number of esters is 1. The Bertz CT molecular complexity index is 1110. The number of anilines is 1. The maximum atomic E-state index is 12.8. The number of amides is 1. The van der Waals surface area contributed by atoms with Crippen LogP contribution in [0.3, 0.4) is 0 Å². The van der Waals surface area contributed by atoms with Crippen molar-refractivity contribution in [2.45, 2.75) is 36.9 Å². The lowest BCUT2D eigenvalue weighted by atomic mass is 9.72. The summed E-state index contributed by atoms with van der Waals surface area (Å²) >= 11 is 0. The normalized spacial score (nSPS) is 25.0. The molecule has 30 heavy (non-hydrogen) atoms. The van der Waals surface area contributed by atoms with Crippen LogP contribution in [0.2, 0.25) is 0 Å². The fourth-order valence-corrected chi connectivity index (χ4v) is 4.36. The zero-order valence-electron chi connectivity index (χ0n) is 16.2. The monoisotopic (exact) mass is 403 g/mol. The predicted molar refractivity (Wildman–Crippen MR) is 109 cm³/mol. The van der Waals surface area contributed by atoms with Crippen molar-refractivity contribution in [2.24, 2.45) is 0 Å². The summed E-state index contributed by atoms with van der Waals surface area (Å²) < 4.78 is 7.36. The van der Waals surface area contributed by atoms with Crippen molar-refractivity contribution in [2.75, 3.05) is 5.32 Å². The van der Waals surface area contributed by atoms with E-state index in [2.05, 4.69) is 10.4 Å². The highest BCUT2D eigenvalue weighted by Gasteiger charge is 2.52. The summed E-state index contributed by atoms with van der Waals surface area (Å²) in [5.74, 6) is -0.463. The molecule has 1 aliphatic heterocycles. The number of ether oxygens (including phenoxy) is 1. The van der Waals surface area contributed by atoms with E-state index in [1.807, 2.05) is 42.5 Å². The standard InChI is InChI=1S/C23H21N3O4/c27-20-17-8-4-5-9-18(17)23(30-20)13-11-22(29,12-14-23)21(28)24-19-10-15-26(25-19)16-6-2-1-3-7-16/h1-10,15,29H,11-14H2,(H,24,25,28). The van der Waals surface area contributed by atoms with Gasteiger partial charge in [-0.05, 0) is 43.9 Å². The van der Waals surface area contributed by atoms with Crippen LogP contribution in [-0.2, 0) is 15.1 Å². The molecule has 1 fully saturated rings. The number of benzene rings is 2. The van der Waals surface area contributed by atoms with Crippen LogP contribution in [0, 0.1) is 0 Å². The third-order valence-corrected chi connectivity index (χ3v) is 6.08. The molecule has 2 heterocycles. The zero-order valence-corrected chi connectivity index (χ0v) is 16.2. The molecule has 7 heteroatoms. The summed E-state index contributed by atoms with van der Waals surface area (Å²) in [5, 5.41) is 18.1. The van der Waals surface area contributed by atoms with Crippen LogP contribution in [0.4, 0.5) is 5.82 Å². The van der Waals surface area contributed by atoms with Gasteiger partial charge in [-0.3, -0.25) is 4.79 Å². The average molecular weight is 403 g/mol. The van der Waals surface area contributed by atoms with Crippen molar-refractivity contribution in [3.05, 3.63) is 78.0 Å². The highest BCUT2D eigenvalue weighted by atomic mass is 16.6. The van der Waals surface area contributed by atoms with Crippen LogP contribution < -0.4 is 5.32 Å². The molecule has 1 amide bonds. The second-order valence-electron chi connectivity index (χ2n) is 7.90. The van der Waals surface area contributed by atoms with Gasteiger partial charge in [-0.25, -0.2) is 9.48 Å². The van der Waals surface area contributed by atoms with Crippen LogP contribution in [-0.4, -0.2) is 32.4 Å². The quantitative estimate of drug-likeness (QED) is 0.655. The smallest absolute Gasteiger partial charge is 0.339 e. The molecule has 2 aliphatic rings. The highest BCUT2D eigenvalue weighted by Crippen LogP contribution is 2.49. The minimum Gasteiger partial charge on any atom is -0.451 e. The Hall–Kier alpha value is -3.45. The second-order valence-corrected chi connectivity index (χ2v) is 7.90. The van der Waals surface area contributed by atoms with Gasteiger partial charge in [-0.2, -0.15) is 5.10 Å². The summed E-state index contributed by atoms with van der Waals surface area (Å²) in [6.45, 7) is 0. The molecule has 2 aromatic carbocycles. The van der Waals surface area contributed by atoms with Crippen LogP contribution >= 0.6 is 0 Å². The van der Waals surface area contributed by atoms with Crippen molar-refractivity contribution in [3.63, 3.8) is 0 Å². The average Bonchev–Trinajstić information content (AvgIpc) is 3.35. The largest absolute Gasteiger partial charge is 0.451 e. The van der Waals surface area contributed by atoms with Gasteiger partial charge in [0.15, 0.2) is 5.82 Å². The van der Waals surface area contributed by atoms with Crippen molar-refractivity contribution in [3.8, 4) is 5.69 Å². The van der Waals surface area contributed by atoms with E-state index >= 15 is 0 Å². The Morgan fingerprint density at radius 3 is 2.47 bits per heavy atom. The number of carbonyl (C=O) groups is 2. The van der Waals surface area contributed by atoms with Crippen LogP contribution in [0.15, 0.2) is 66.9 Å². The number of carbonyl (C=O) groups excluding carboxylic acids is 2. The van der Waals surface area contributed by atoms with E-state index in [-0.39, 0.29) is 18.8 Å². The SMILES string of the molecule is O=C1OC2(CCC(O)(C(=O)Nc3ccn(-c4ccccc4)n3)CC2)c2ccccc21. The van der Waals surface area contributed by atoms with E-state index in [1.165, 1.54) is 0 Å². The molecule has 5 rings (SSSR count). The van der Waals surface area contributed by atoms with Crippen molar-refractivity contribution in [1.82, 2.24) is 9.78 Å². The molecule has 1 aliphatic carbocycles. The number of fused-ring (bicyclic) bond motifs is 2. The second kappa shape index (κ2) is 6.81. The van der Waals surface area contributed by atoms with Crippen LogP contribution in [0.5, 0.6) is 0 Å². The van der Waals surface area contributed by atoms with Gasteiger partial charge in [0.25, 0.3) is 5.91 Å². The summed E-state index contributed by atoms with van der Waals surface area (Å²) in [6, 6.07) is 18.6. The van der Waals surface area contributed by atoms with Crippen molar-refractivity contribution >= 4 is 17.7 Å². The van der Waals surface area contributed by atoms with E-state index in [4.69, 9.17) is 4.74 Å². The summed E-state index contributed by atoms with van der Waals surface area (Å²) in [6.07, 6.45) is 2.91. The Labute approximate surface area is 173 Å². The first-order valence-electron chi connectivity index (χ1n) is 9.97. The first-order valence-corrected chi connectivity index (χ1v) is 9.97.